The summed E-state index contributed by atoms with van der Waals surface area (Å²) in [7, 11) is 1.24. The number of carbonyl (C=O) groups excluding carboxylic acids is 1. The van der Waals surface area contributed by atoms with E-state index in [-0.39, 0.29) is 18.1 Å². The van der Waals surface area contributed by atoms with Gasteiger partial charge in [0.05, 0.1) is 13.2 Å². The molecule has 1 aromatic heterocycles. The van der Waals surface area contributed by atoms with Gasteiger partial charge >= 0.3 is 5.97 Å². The molecule has 1 N–H and O–H groups in total. The van der Waals surface area contributed by atoms with E-state index in [1.807, 2.05) is 42.5 Å². The van der Waals surface area contributed by atoms with Crippen molar-refractivity contribution in [3.63, 3.8) is 0 Å². The number of methoxy groups -OCH3 is 1. The third-order valence-corrected chi connectivity index (χ3v) is 6.48. The average Bonchev–Trinajstić information content (AvgIpc) is 3.05. The minimum Gasteiger partial charge on any atom is -0.489 e. The SMILES string of the molecule is COC(=O)c1c(OCc2ccccc2)c(=O)ccn1NC1c2cc(Cl)ccc2COc2ccc(Cl)cc21. The second-order valence-electron chi connectivity index (χ2n) is 8.37. The second-order valence-corrected chi connectivity index (χ2v) is 9.24. The normalized spacial score (nSPS) is 14.0. The van der Waals surface area contributed by atoms with Gasteiger partial charge in [-0.2, -0.15) is 0 Å². The van der Waals surface area contributed by atoms with E-state index in [1.54, 1.807) is 24.3 Å². The van der Waals surface area contributed by atoms with Gasteiger partial charge in [0.2, 0.25) is 5.43 Å². The molecule has 0 saturated carbocycles. The number of ether oxygens (including phenoxy) is 3. The number of rotatable bonds is 6. The highest BCUT2D eigenvalue weighted by molar-refractivity contribution is 6.31. The molecule has 4 aromatic rings. The van der Waals surface area contributed by atoms with Crippen molar-refractivity contribution < 1.29 is 19.0 Å². The molecule has 0 fully saturated rings. The molecular formula is C28H22Cl2N2O5. The summed E-state index contributed by atoms with van der Waals surface area (Å²) in [6, 6.07) is 21.0. The van der Waals surface area contributed by atoms with E-state index < -0.39 is 17.4 Å². The van der Waals surface area contributed by atoms with E-state index in [4.69, 9.17) is 37.4 Å². The van der Waals surface area contributed by atoms with Crippen LogP contribution < -0.4 is 20.3 Å². The lowest BCUT2D eigenvalue weighted by Gasteiger charge is -2.25. The molecule has 37 heavy (non-hydrogen) atoms. The van der Waals surface area contributed by atoms with Gasteiger partial charge in [0.15, 0.2) is 11.4 Å². The predicted molar refractivity (Wildman–Crippen MR) is 141 cm³/mol. The molecule has 0 spiro atoms. The van der Waals surface area contributed by atoms with Crippen molar-refractivity contribution in [1.82, 2.24) is 4.68 Å². The molecule has 3 aromatic carbocycles. The molecule has 1 atom stereocenters. The fourth-order valence-corrected chi connectivity index (χ4v) is 4.59. The second kappa shape index (κ2) is 10.6. The Hall–Kier alpha value is -3.94. The van der Waals surface area contributed by atoms with Crippen LogP contribution in [-0.4, -0.2) is 17.8 Å². The Morgan fingerprint density at radius 2 is 1.76 bits per heavy atom. The summed E-state index contributed by atoms with van der Waals surface area (Å²) < 4.78 is 18.4. The highest BCUT2D eigenvalue weighted by atomic mass is 35.5. The van der Waals surface area contributed by atoms with Crippen molar-refractivity contribution in [3.8, 4) is 11.5 Å². The molecule has 1 aliphatic heterocycles. The summed E-state index contributed by atoms with van der Waals surface area (Å²) in [6.45, 7) is 0.414. The summed E-state index contributed by atoms with van der Waals surface area (Å²) in [6.07, 6.45) is 1.46. The van der Waals surface area contributed by atoms with Crippen molar-refractivity contribution >= 4 is 29.2 Å². The molecule has 5 rings (SSSR count). The number of hydrogen-bond acceptors (Lipinski definition) is 6. The summed E-state index contributed by atoms with van der Waals surface area (Å²) in [5.41, 5.74) is 6.10. The number of hydrogen-bond donors (Lipinski definition) is 1. The Labute approximate surface area is 223 Å². The molecule has 1 unspecified atom stereocenters. The summed E-state index contributed by atoms with van der Waals surface area (Å²) in [4.78, 5) is 25.8. The first-order valence-electron chi connectivity index (χ1n) is 11.4. The number of aromatic nitrogens is 1. The quantitative estimate of drug-likeness (QED) is 0.316. The molecule has 0 saturated heterocycles. The summed E-state index contributed by atoms with van der Waals surface area (Å²) in [5, 5.41) is 1.05. The number of nitrogens with zero attached hydrogens (tertiary/aromatic N) is 1. The maximum absolute atomic E-state index is 13.0. The maximum Gasteiger partial charge on any atom is 0.360 e. The lowest BCUT2D eigenvalue weighted by molar-refractivity contribution is 0.0582. The smallest absolute Gasteiger partial charge is 0.360 e. The van der Waals surface area contributed by atoms with Crippen molar-refractivity contribution in [2.24, 2.45) is 0 Å². The third kappa shape index (κ3) is 5.14. The number of carbonyl (C=O) groups is 1. The van der Waals surface area contributed by atoms with Crippen LogP contribution in [-0.2, 0) is 18.0 Å². The molecule has 2 heterocycles. The van der Waals surface area contributed by atoms with Gasteiger partial charge in [-0.25, -0.2) is 4.79 Å². The molecule has 0 radical (unpaired) electrons. The summed E-state index contributed by atoms with van der Waals surface area (Å²) in [5.74, 6) is -0.251. The third-order valence-electron chi connectivity index (χ3n) is 6.01. The zero-order chi connectivity index (χ0) is 25.9. The lowest BCUT2D eigenvalue weighted by Crippen LogP contribution is -2.30. The number of pyridine rings is 1. The average molecular weight is 537 g/mol. The van der Waals surface area contributed by atoms with Crippen LogP contribution in [0.5, 0.6) is 11.5 Å². The monoisotopic (exact) mass is 536 g/mol. The molecule has 7 nitrogen and oxygen atoms in total. The fourth-order valence-electron chi connectivity index (χ4n) is 4.23. The van der Waals surface area contributed by atoms with Crippen molar-refractivity contribution in [3.05, 3.63) is 127 Å². The number of halogens is 2. The number of esters is 1. The largest absolute Gasteiger partial charge is 0.489 e. The standard InChI is InChI=1S/C28H22Cl2N2O5/c1-35-28(34)26-27(37-15-17-5-3-2-4-6-17)23(33)11-12-32(26)31-25-21-13-19(29)8-7-18(21)16-36-24-10-9-20(30)14-22(24)25/h2-14,25,31H,15-16H2,1H3. The van der Waals surface area contributed by atoms with E-state index in [0.717, 1.165) is 22.3 Å². The van der Waals surface area contributed by atoms with E-state index >= 15 is 0 Å². The Kier molecular flexibility index (Phi) is 7.08. The summed E-state index contributed by atoms with van der Waals surface area (Å²) >= 11 is 12.7. The van der Waals surface area contributed by atoms with Crippen LogP contribution in [0.4, 0.5) is 0 Å². The van der Waals surface area contributed by atoms with Gasteiger partial charge < -0.3 is 19.6 Å². The minimum absolute atomic E-state index is 0.0803. The van der Waals surface area contributed by atoms with Gasteiger partial charge in [-0.15, -0.1) is 0 Å². The molecular weight excluding hydrogens is 515 g/mol. The van der Waals surface area contributed by atoms with Gasteiger partial charge in [0.25, 0.3) is 0 Å². The van der Waals surface area contributed by atoms with E-state index in [0.29, 0.717) is 22.4 Å². The van der Waals surface area contributed by atoms with Crippen LogP contribution in [0.25, 0.3) is 0 Å². The molecule has 0 amide bonds. The highest BCUT2D eigenvalue weighted by Gasteiger charge is 2.28. The van der Waals surface area contributed by atoms with E-state index in [2.05, 4.69) is 5.43 Å². The minimum atomic E-state index is -0.740. The molecule has 188 valence electrons. The number of fused-ring (bicyclic) bond motifs is 2. The Morgan fingerprint density at radius 1 is 1.03 bits per heavy atom. The fraction of sp³-hybridized carbons (Fsp3) is 0.143. The van der Waals surface area contributed by atoms with Crippen LogP contribution in [0.3, 0.4) is 0 Å². The number of benzene rings is 3. The zero-order valence-corrected chi connectivity index (χ0v) is 21.3. The first-order chi connectivity index (χ1) is 17.9. The van der Waals surface area contributed by atoms with Gasteiger partial charge in [-0.05, 0) is 47.0 Å². The van der Waals surface area contributed by atoms with Crippen LogP contribution in [0.1, 0.15) is 38.8 Å². The van der Waals surface area contributed by atoms with Crippen LogP contribution in [0.2, 0.25) is 10.0 Å². The first kappa shape index (κ1) is 24.7. The van der Waals surface area contributed by atoms with Crippen LogP contribution >= 0.6 is 23.2 Å². The van der Waals surface area contributed by atoms with Crippen molar-refractivity contribution in [1.29, 1.82) is 0 Å². The first-order valence-corrected chi connectivity index (χ1v) is 12.2. The van der Waals surface area contributed by atoms with Gasteiger partial charge in [0.1, 0.15) is 19.0 Å². The van der Waals surface area contributed by atoms with E-state index in [9.17, 15) is 9.59 Å². The van der Waals surface area contributed by atoms with Crippen LogP contribution in [0, 0.1) is 0 Å². The van der Waals surface area contributed by atoms with Gasteiger partial charge in [0, 0.05) is 27.9 Å². The maximum atomic E-state index is 13.0. The predicted octanol–water partition coefficient (Wildman–Crippen LogP) is 5.75. The van der Waals surface area contributed by atoms with Gasteiger partial charge in [-0.3, -0.25) is 9.47 Å². The topological polar surface area (TPSA) is 78.8 Å². The van der Waals surface area contributed by atoms with Crippen molar-refractivity contribution in [2.75, 3.05) is 12.5 Å². The molecule has 1 aliphatic rings. The Bertz CT molecular complexity index is 1470. The van der Waals surface area contributed by atoms with Crippen LogP contribution in [0.15, 0.2) is 83.8 Å². The highest BCUT2D eigenvalue weighted by Crippen LogP contribution is 2.39. The van der Waals surface area contributed by atoms with Crippen molar-refractivity contribution in [2.45, 2.75) is 19.3 Å². The molecule has 0 bridgehead atoms. The van der Waals surface area contributed by atoms with Gasteiger partial charge in [-0.1, -0.05) is 59.6 Å². The zero-order valence-electron chi connectivity index (χ0n) is 19.7. The Balaban J connectivity index is 1.62. The number of nitrogens with one attached hydrogen (secondary N) is 1. The van der Waals surface area contributed by atoms with E-state index in [1.165, 1.54) is 24.0 Å². The Morgan fingerprint density at radius 3 is 2.51 bits per heavy atom. The lowest BCUT2D eigenvalue weighted by atomic mass is 9.95. The molecule has 9 heteroatoms. The molecule has 0 aliphatic carbocycles.